The van der Waals surface area contributed by atoms with Gasteiger partial charge in [0.25, 0.3) is 6.43 Å². The predicted molar refractivity (Wildman–Crippen MR) is 87.0 cm³/mol. The highest BCUT2D eigenvalue weighted by atomic mass is 32.2. The van der Waals surface area contributed by atoms with E-state index in [0.29, 0.717) is 12.5 Å². The van der Waals surface area contributed by atoms with Gasteiger partial charge in [-0.1, -0.05) is 6.42 Å². The summed E-state index contributed by atoms with van der Waals surface area (Å²) in [6.45, 7) is 0.296. The number of hydrogen-bond donors (Lipinski definition) is 0. The topological polar surface area (TPSA) is 97.9 Å². The van der Waals surface area contributed by atoms with Crippen LogP contribution < -0.4 is 4.74 Å². The summed E-state index contributed by atoms with van der Waals surface area (Å²) >= 11 is 0. The fourth-order valence-electron chi connectivity index (χ4n) is 2.54. The summed E-state index contributed by atoms with van der Waals surface area (Å²) in [6, 6.07) is 4.34. The average Bonchev–Trinajstić information content (AvgIpc) is 2.91. The van der Waals surface area contributed by atoms with Gasteiger partial charge in [-0.05, 0) is 30.9 Å². The Morgan fingerprint density at radius 1 is 1.42 bits per heavy atom. The zero-order valence-corrected chi connectivity index (χ0v) is 14.7. The SMILES string of the molecule is CS(=O)(=O)c1ccc(-n2nc(C(F)F)c(C#N)c2OCC2CCC2)nc1. The molecule has 0 amide bonds. The minimum atomic E-state index is -3.45. The second-order valence-electron chi connectivity index (χ2n) is 6.12. The van der Waals surface area contributed by atoms with Crippen molar-refractivity contribution in [1.29, 1.82) is 5.26 Å². The fraction of sp³-hybridized carbons (Fsp3) is 0.438. The quantitative estimate of drug-likeness (QED) is 0.762. The van der Waals surface area contributed by atoms with E-state index in [1.54, 1.807) is 6.07 Å². The summed E-state index contributed by atoms with van der Waals surface area (Å²) in [4.78, 5) is 3.96. The molecule has 1 fully saturated rings. The number of halogens is 2. The van der Waals surface area contributed by atoms with Gasteiger partial charge in [-0.25, -0.2) is 22.2 Å². The van der Waals surface area contributed by atoms with Crippen LogP contribution in [-0.4, -0.2) is 36.0 Å². The molecule has 0 saturated heterocycles. The van der Waals surface area contributed by atoms with Crippen LogP contribution in [0.5, 0.6) is 5.88 Å². The molecule has 138 valence electrons. The monoisotopic (exact) mass is 382 g/mol. The van der Waals surface area contributed by atoms with E-state index in [-0.39, 0.29) is 22.2 Å². The van der Waals surface area contributed by atoms with Crippen molar-refractivity contribution in [2.75, 3.05) is 12.9 Å². The van der Waals surface area contributed by atoms with Crippen LogP contribution in [0.1, 0.15) is 36.9 Å². The number of alkyl halides is 2. The van der Waals surface area contributed by atoms with Crippen molar-refractivity contribution < 1.29 is 21.9 Å². The standard InChI is InChI=1S/C16H16F2N4O3S/c1-26(23,24)11-5-6-13(20-8-11)22-16(25-9-10-3-2-4-10)12(7-19)14(21-22)15(17)18/h5-6,8,10,15H,2-4,9H2,1H3. The van der Waals surface area contributed by atoms with Crippen LogP contribution in [0.4, 0.5) is 8.78 Å². The second kappa shape index (κ2) is 6.99. The molecule has 7 nitrogen and oxygen atoms in total. The van der Waals surface area contributed by atoms with Gasteiger partial charge in [-0.2, -0.15) is 15.0 Å². The van der Waals surface area contributed by atoms with Crippen LogP contribution in [0.2, 0.25) is 0 Å². The lowest BCUT2D eigenvalue weighted by Gasteiger charge is -2.25. The Bertz CT molecular complexity index is 945. The number of hydrogen-bond acceptors (Lipinski definition) is 6. The molecule has 2 aromatic heterocycles. The Labute approximate surface area is 149 Å². The Hall–Kier alpha value is -2.54. The van der Waals surface area contributed by atoms with Crippen molar-refractivity contribution in [1.82, 2.24) is 14.8 Å². The van der Waals surface area contributed by atoms with Gasteiger partial charge in [-0.3, -0.25) is 0 Å². The number of nitrogens with zero attached hydrogens (tertiary/aromatic N) is 4. The molecular weight excluding hydrogens is 366 g/mol. The van der Waals surface area contributed by atoms with Gasteiger partial charge < -0.3 is 4.74 Å². The zero-order chi connectivity index (χ0) is 18.9. The van der Waals surface area contributed by atoms with Crippen molar-refractivity contribution in [3.05, 3.63) is 29.6 Å². The minimum Gasteiger partial charge on any atom is -0.476 e. The first-order valence-corrected chi connectivity index (χ1v) is 9.81. The lowest BCUT2D eigenvalue weighted by molar-refractivity contribution is 0.145. The molecule has 2 aromatic rings. The third-order valence-corrected chi connectivity index (χ3v) is 5.33. The van der Waals surface area contributed by atoms with Crippen molar-refractivity contribution in [3.63, 3.8) is 0 Å². The molecule has 1 saturated carbocycles. The number of ether oxygens (including phenoxy) is 1. The highest BCUT2D eigenvalue weighted by molar-refractivity contribution is 7.90. The first-order chi connectivity index (χ1) is 12.3. The first kappa shape index (κ1) is 18.3. The molecule has 2 heterocycles. The van der Waals surface area contributed by atoms with Gasteiger partial charge in [0, 0.05) is 12.5 Å². The fourth-order valence-corrected chi connectivity index (χ4v) is 3.10. The van der Waals surface area contributed by atoms with Gasteiger partial charge in [0.2, 0.25) is 5.88 Å². The largest absolute Gasteiger partial charge is 0.476 e. The van der Waals surface area contributed by atoms with E-state index in [4.69, 9.17) is 4.74 Å². The lowest BCUT2D eigenvalue weighted by Crippen LogP contribution is -2.20. The van der Waals surface area contributed by atoms with Gasteiger partial charge >= 0.3 is 0 Å². The Kier molecular flexibility index (Phi) is 4.91. The molecule has 3 rings (SSSR count). The summed E-state index contributed by atoms with van der Waals surface area (Å²) in [6.07, 6.45) is 2.25. The molecule has 0 atom stereocenters. The highest BCUT2D eigenvalue weighted by Crippen LogP contribution is 2.33. The van der Waals surface area contributed by atoms with E-state index in [1.807, 2.05) is 0 Å². The third kappa shape index (κ3) is 3.53. The maximum Gasteiger partial charge on any atom is 0.283 e. The van der Waals surface area contributed by atoms with Crippen molar-refractivity contribution in [3.8, 4) is 17.8 Å². The molecule has 0 aromatic carbocycles. The number of sulfone groups is 1. The summed E-state index contributed by atoms with van der Waals surface area (Å²) in [5.74, 6) is 0.305. The van der Waals surface area contributed by atoms with Gasteiger partial charge in [0.1, 0.15) is 11.6 Å². The molecular formula is C16H16F2N4O3S. The Morgan fingerprint density at radius 2 is 2.15 bits per heavy atom. The Balaban J connectivity index is 2.02. The molecule has 0 unspecified atom stereocenters. The number of nitriles is 1. The lowest BCUT2D eigenvalue weighted by atomic mass is 9.86. The molecule has 10 heteroatoms. The van der Waals surface area contributed by atoms with Crippen molar-refractivity contribution in [2.24, 2.45) is 5.92 Å². The van der Waals surface area contributed by atoms with Crippen molar-refractivity contribution >= 4 is 9.84 Å². The molecule has 1 aliphatic rings. The van der Waals surface area contributed by atoms with E-state index in [0.717, 1.165) is 36.4 Å². The molecule has 0 bridgehead atoms. The number of rotatable bonds is 6. The summed E-state index contributed by atoms with van der Waals surface area (Å²) in [5.41, 5.74) is -1.03. The van der Waals surface area contributed by atoms with Crippen molar-refractivity contribution in [2.45, 2.75) is 30.6 Å². The molecule has 0 spiro atoms. The van der Waals surface area contributed by atoms with Crippen LogP contribution in [-0.2, 0) is 9.84 Å². The summed E-state index contributed by atoms with van der Waals surface area (Å²) in [5, 5.41) is 13.1. The van der Waals surface area contributed by atoms with Gasteiger partial charge in [-0.15, -0.1) is 0 Å². The van der Waals surface area contributed by atoms with Crippen LogP contribution in [0.15, 0.2) is 23.2 Å². The number of aromatic nitrogens is 3. The summed E-state index contributed by atoms with van der Waals surface area (Å²) in [7, 11) is -3.45. The maximum absolute atomic E-state index is 13.2. The minimum absolute atomic E-state index is 0.0140. The van der Waals surface area contributed by atoms with Crippen LogP contribution >= 0.6 is 0 Å². The maximum atomic E-state index is 13.2. The molecule has 0 aliphatic heterocycles. The molecule has 26 heavy (non-hydrogen) atoms. The van der Waals surface area contributed by atoms with Crippen LogP contribution in [0.3, 0.4) is 0 Å². The number of pyridine rings is 1. The smallest absolute Gasteiger partial charge is 0.283 e. The predicted octanol–water partition coefficient (Wildman–Crippen LogP) is 2.66. The average molecular weight is 382 g/mol. The first-order valence-electron chi connectivity index (χ1n) is 7.91. The van der Waals surface area contributed by atoms with Gasteiger partial charge in [0.05, 0.1) is 11.5 Å². The zero-order valence-electron chi connectivity index (χ0n) is 13.9. The summed E-state index contributed by atoms with van der Waals surface area (Å²) < 4.78 is 56.2. The second-order valence-corrected chi connectivity index (χ2v) is 8.14. The van der Waals surface area contributed by atoms with E-state index in [9.17, 15) is 22.5 Å². The van der Waals surface area contributed by atoms with Crippen LogP contribution in [0, 0.1) is 17.2 Å². The molecule has 0 radical (unpaired) electrons. The van der Waals surface area contributed by atoms with Gasteiger partial charge in [0.15, 0.2) is 21.3 Å². The van der Waals surface area contributed by atoms with E-state index in [1.165, 1.54) is 12.1 Å². The van der Waals surface area contributed by atoms with Crippen LogP contribution in [0.25, 0.3) is 5.82 Å². The Morgan fingerprint density at radius 3 is 2.62 bits per heavy atom. The third-order valence-electron chi connectivity index (χ3n) is 4.24. The van der Waals surface area contributed by atoms with E-state index in [2.05, 4.69) is 10.1 Å². The molecule has 0 N–H and O–H groups in total. The molecule has 1 aliphatic carbocycles. The highest BCUT2D eigenvalue weighted by Gasteiger charge is 2.28. The van der Waals surface area contributed by atoms with E-state index >= 15 is 0 Å². The normalized spacial score (nSPS) is 14.9. The van der Waals surface area contributed by atoms with E-state index < -0.39 is 22.0 Å².